The molecule has 116 valence electrons. The van der Waals surface area contributed by atoms with Gasteiger partial charge >= 0.3 is 0 Å². The third-order valence-corrected chi connectivity index (χ3v) is 3.06. The zero-order valence-corrected chi connectivity index (χ0v) is 12.0. The van der Waals surface area contributed by atoms with Gasteiger partial charge in [-0.05, 0) is 18.6 Å². The second-order valence-corrected chi connectivity index (χ2v) is 4.56. The van der Waals surface area contributed by atoms with E-state index >= 15 is 0 Å². The third kappa shape index (κ3) is 3.67. The van der Waals surface area contributed by atoms with E-state index in [2.05, 4.69) is 15.5 Å². The zero-order chi connectivity index (χ0) is 15.9. The molecule has 1 amide bonds. The normalized spacial score (nSPS) is 10.4. The van der Waals surface area contributed by atoms with Crippen molar-refractivity contribution in [1.29, 1.82) is 0 Å². The van der Waals surface area contributed by atoms with Crippen LogP contribution in [0.1, 0.15) is 16.8 Å². The third-order valence-electron chi connectivity index (χ3n) is 3.06. The minimum atomic E-state index is -0.472. The van der Waals surface area contributed by atoms with Gasteiger partial charge in [-0.1, -0.05) is 0 Å². The van der Waals surface area contributed by atoms with Gasteiger partial charge in [-0.2, -0.15) is 5.10 Å². The quantitative estimate of drug-likeness (QED) is 0.460. The highest BCUT2D eigenvalue weighted by atomic mass is 16.6. The zero-order valence-electron chi connectivity index (χ0n) is 12.0. The van der Waals surface area contributed by atoms with Crippen LogP contribution in [0.5, 0.6) is 0 Å². The summed E-state index contributed by atoms with van der Waals surface area (Å²) in [4.78, 5) is 22.3. The Morgan fingerprint density at radius 2 is 2.14 bits per heavy atom. The maximum atomic E-state index is 12.1. The van der Waals surface area contributed by atoms with Crippen LogP contribution in [-0.4, -0.2) is 41.3 Å². The molecule has 0 fully saturated rings. The van der Waals surface area contributed by atoms with E-state index in [1.807, 2.05) is 0 Å². The number of nitrogens with one attached hydrogen (secondary N) is 2. The van der Waals surface area contributed by atoms with Crippen LogP contribution < -0.4 is 5.32 Å². The first-order valence-electron chi connectivity index (χ1n) is 6.69. The first kappa shape index (κ1) is 15.6. The maximum Gasteiger partial charge on any atom is 0.269 e. The van der Waals surface area contributed by atoms with Crippen molar-refractivity contribution >= 4 is 11.6 Å². The van der Waals surface area contributed by atoms with E-state index in [0.29, 0.717) is 36.4 Å². The summed E-state index contributed by atoms with van der Waals surface area (Å²) in [6, 6.07) is 5.92. The molecular weight excluding hydrogens is 288 g/mol. The van der Waals surface area contributed by atoms with E-state index in [0.717, 1.165) is 0 Å². The number of nitro benzene ring substituents is 1. The number of nitro groups is 1. The smallest absolute Gasteiger partial charge is 0.269 e. The SMILES string of the molecule is COCCCNC(=O)c1cn[nH]c1-c1ccc([N+](=O)[O-])cc1. The number of hydrogen-bond acceptors (Lipinski definition) is 5. The molecule has 0 aliphatic heterocycles. The van der Waals surface area contributed by atoms with Crippen LogP contribution in [0.4, 0.5) is 5.69 Å². The topological polar surface area (TPSA) is 110 Å². The number of aromatic nitrogens is 2. The minimum absolute atomic E-state index is 0.00571. The van der Waals surface area contributed by atoms with Crippen LogP contribution in [-0.2, 0) is 4.74 Å². The first-order valence-corrected chi connectivity index (χ1v) is 6.69. The summed E-state index contributed by atoms with van der Waals surface area (Å²) in [6.45, 7) is 1.07. The van der Waals surface area contributed by atoms with Gasteiger partial charge in [0.05, 0.1) is 22.4 Å². The highest BCUT2D eigenvalue weighted by Gasteiger charge is 2.15. The standard InChI is InChI=1S/C14H16N4O4/c1-22-8-2-7-15-14(19)12-9-16-17-13(12)10-3-5-11(6-4-10)18(20)21/h3-6,9H,2,7-8H2,1H3,(H,15,19)(H,16,17). The molecule has 8 nitrogen and oxygen atoms in total. The Labute approximate surface area is 126 Å². The Bertz CT molecular complexity index is 651. The highest BCUT2D eigenvalue weighted by Crippen LogP contribution is 2.23. The first-order chi connectivity index (χ1) is 10.6. The molecule has 0 aliphatic rings. The number of carbonyl (C=O) groups excluding carboxylic acids is 1. The summed E-state index contributed by atoms with van der Waals surface area (Å²) in [6.07, 6.45) is 2.15. The minimum Gasteiger partial charge on any atom is -0.385 e. The van der Waals surface area contributed by atoms with Crippen LogP contribution in [0.15, 0.2) is 30.5 Å². The number of carbonyl (C=O) groups is 1. The van der Waals surface area contributed by atoms with Crippen molar-refractivity contribution in [3.8, 4) is 11.3 Å². The number of rotatable bonds is 7. The number of aromatic amines is 1. The lowest BCUT2D eigenvalue weighted by Gasteiger charge is -2.05. The van der Waals surface area contributed by atoms with E-state index < -0.39 is 4.92 Å². The molecule has 0 saturated heterocycles. The van der Waals surface area contributed by atoms with Crippen molar-refractivity contribution in [3.05, 3.63) is 46.1 Å². The summed E-state index contributed by atoms with van der Waals surface area (Å²) < 4.78 is 4.91. The average molecular weight is 304 g/mol. The fraction of sp³-hybridized carbons (Fsp3) is 0.286. The van der Waals surface area contributed by atoms with Crippen molar-refractivity contribution in [2.24, 2.45) is 0 Å². The largest absolute Gasteiger partial charge is 0.385 e. The number of non-ortho nitro benzene ring substituents is 1. The van der Waals surface area contributed by atoms with Gasteiger partial charge in [-0.25, -0.2) is 0 Å². The van der Waals surface area contributed by atoms with Gasteiger partial charge in [0.1, 0.15) is 0 Å². The van der Waals surface area contributed by atoms with E-state index in [1.165, 1.54) is 18.3 Å². The van der Waals surface area contributed by atoms with Gasteiger partial charge in [0.2, 0.25) is 0 Å². The number of benzene rings is 1. The van der Waals surface area contributed by atoms with Crippen LogP contribution in [0, 0.1) is 10.1 Å². The molecule has 0 aliphatic carbocycles. The lowest BCUT2D eigenvalue weighted by Crippen LogP contribution is -2.25. The van der Waals surface area contributed by atoms with Gasteiger partial charge in [0, 0.05) is 38.0 Å². The summed E-state index contributed by atoms with van der Waals surface area (Å²) in [5, 5.41) is 20.1. The van der Waals surface area contributed by atoms with Crippen LogP contribution in [0.3, 0.4) is 0 Å². The fourth-order valence-corrected chi connectivity index (χ4v) is 1.94. The van der Waals surface area contributed by atoms with Gasteiger partial charge in [-0.15, -0.1) is 0 Å². The van der Waals surface area contributed by atoms with Crippen molar-refractivity contribution < 1.29 is 14.5 Å². The lowest BCUT2D eigenvalue weighted by atomic mass is 10.1. The molecule has 1 aromatic carbocycles. The summed E-state index contributed by atoms with van der Waals surface area (Å²) >= 11 is 0. The van der Waals surface area contributed by atoms with Crippen molar-refractivity contribution in [2.45, 2.75) is 6.42 Å². The molecule has 2 aromatic rings. The Morgan fingerprint density at radius 1 is 1.41 bits per heavy atom. The van der Waals surface area contributed by atoms with E-state index in [-0.39, 0.29) is 11.6 Å². The predicted octanol–water partition coefficient (Wildman–Crippen LogP) is 1.75. The molecule has 0 spiro atoms. The highest BCUT2D eigenvalue weighted by molar-refractivity contribution is 5.99. The Hall–Kier alpha value is -2.74. The molecule has 0 saturated carbocycles. The monoisotopic (exact) mass is 304 g/mol. The number of amides is 1. The van der Waals surface area contributed by atoms with Crippen LogP contribution in [0.2, 0.25) is 0 Å². The molecule has 1 heterocycles. The number of methoxy groups -OCH3 is 1. The molecule has 0 unspecified atom stereocenters. The second-order valence-electron chi connectivity index (χ2n) is 4.56. The van der Waals surface area contributed by atoms with E-state index in [1.54, 1.807) is 19.2 Å². The Morgan fingerprint density at radius 3 is 2.77 bits per heavy atom. The Balaban J connectivity index is 2.11. The number of nitrogens with zero attached hydrogens (tertiary/aromatic N) is 2. The molecule has 0 radical (unpaired) electrons. The lowest BCUT2D eigenvalue weighted by molar-refractivity contribution is -0.384. The van der Waals surface area contributed by atoms with Gasteiger partial charge < -0.3 is 10.1 Å². The summed E-state index contributed by atoms with van der Waals surface area (Å²) in [5.74, 6) is -0.252. The van der Waals surface area contributed by atoms with Gasteiger partial charge in [-0.3, -0.25) is 20.0 Å². The molecular formula is C14H16N4O4. The van der Waals surface area contributed by atoms with Crippen LogP contribution in [0.25, 0.3) is 11.3 Å². The molecule has 0 bridgehead atoms. The molecule has 22 heavy (non-hydrogen) atoms. The average Bonchev–Trinajstić information content (AvgIpc) is 3.01. The number of ether oxygens (including phenoxy) is 1. The molecule has 2 N–H and O–H groups in total. The van der Waals surface area contributed by atoms with Crippen molar-refractivity contribution in [2.75, 3.05) is 20.3 Å². The fourth-order valence-electron chi connectivity index (χ4n) is 1.94. The summed E-state index contributed by atoms with van der Waals surface area (Å²) in [5.41, 5.74) is 1.57. The van der Waals surface area contributed by atoms with E-state index in [4.69, 9.17) is 4.74 Å². The second kappa shape index (κ2) is 7.32. The van der Waals surface area contributed by atoms with Crippen molar-refractivity contribution in [1.82, 2.24) is 15.5 Å². The summed E-state index contributed by atoms with van der Waals surface area (Å²) in [7, 11) is 1.60. The van der Waals surface area contributed by atoms with Crippen molar-refractivity contribution in [3.63, 3.8) is 0 Å². The van der Waals surface area contributed by atoms with E-state index in [9.17, 15) is 14.9 Å². The molecule has 0 atom stereocenters. The maximum absolute atomic E-state index is 12.1. The van der Waals surface area contributed by atoms with Gasteiger partial charge in [0.25, 0.3) is 11.6 Å². The molecule has 8 heteroatoms. The molecule has 2 rings (SSSR count). The molecule has 1 aromatic heterocycles. The number of H-pyrrole nitrogens is 1. The predicted molar refractivity (Wildman–Crippen MR) is 79.5 cm³/mol. The Kier molecular flexibility index (Phi) is 5.21. The van der Waals surface area contributed by atoms with Crippen LogP contribution >= 0.6 is 0 Å². The van der Waals surface area contributed by atoms with Gasteiger partial charge in [0.15, 0.2) is 0 Å². The number of hydrogen-bond donors (Lipinski definition) is 2.